The van der Waals surface area contributed by atoms with Gasteiger partial charge in [0.1, 0.15) is 6.10 Å². The van der Waals surface area contributed by atoms with Gasteiger partial charge in [-0.15, -0.1) is 0 Å². The first-order valence-corrected chi connectivity index (χ1v) is 3.87. The topological polar surface area (TPSA) is 107 Å². The minimum atomic E-state index is -1.56. The maximum atomic E-state index is 10.5. The number of carboxylic acid groups (broad SMARTS) is 1. The summed E-state index contributed by atoms with van der Waals surface area (Å²) in [5.74, 6) is -2.09. The van der Waals surface area contributed by atoms with Crippen molar-refractivity contribution in [2.75, 3.05) is 0 Å². The lowest BCUT2D eigenvalue weighted by Gasteiger charge is -2.37. The highest BCUT2D eigenvalue weighted by Gasteiger charge is 2.44. The van der Waals surface area contributed by atoms with E-state index in [9.17, 15) is 15.0 Å². The Morgan fingerprint density at radius 3 is 2.23 bits per heavy atom. The molecule has 1 aliphatic rings. The number of hydrogen-bond acceptors (Lipinski definition) is 5. The highest BCUT2D eigenvalue weighted by Crippen LogP contribution is 2.24. The highest BCUT2D eigenvalue weighted by atomic mass is 16.6. The molecule has 1 heterocycles. The maximum absolute atomic E-state index is 10.5. The molecule has 5 atom stereocenters. The lowest BCUT2D eigenvalue weighted by atomic mass is 9.91. The molecule has 0 aromatic carbocycles. The van der Waals surface area contributed by atoms with Crippen LogP contribution in [0.4, 0.5) is 0 Å². The molecular formula is C7H12O6. The van der Waals surface area contributed by atoms with Crippen molar-refractivity contribution in [1.82, 2.24) is 0 Å². The average molecular weight is 192 g/mol. The molecule has 1 rings (SSSR count). The SMILES string of the molecule is CC1C(O)C(O)OC(C(=O)O)C1O. The fourth-order valence-electron chi connectivity index (χ4n) is 1.25. The van der Waals surface area contributed by atoms with Gasteiger partial charge < -0.3 is 25.2 Å². The zero-order chi connectivity index (χ0) is 10.2. The van der Waals surface area contributed by atoms with E-state index in [0.29, 0.717) is 0 Å². The van der Waals surface area contributed by atoms with E-state index >= 15 is 0 Å². The molecule has 0 aromatic rings. The van der Waals surface area contributed by atoms with E-state index in [1.807, 2.05) is 0 Å². The van der Waals surface area contributed by atoms with Gasteiger partial charge in [-0.1, -0.05) is 6.92 Å². The summed E-state index contributed by atoms with van der Waals surface area (Å²) in [4.78, 5) is 10.5. The van der Waals surface area contributed by atoms with E-state index in [1.165, 1.54) is 6.92 Å². The van der Waals surface area contributed by atoms with Crippen LogP contribution in [0.25, 0.3) is 0 Å². The normalized spacial score (nSPS) is 46.0. The van der Waals surface area contributed by atoms with Crippen molar-refractivity contribution in [2.45, 2.75) is 31.5 Å². The average Bonchev–Trinajstić information content (AvgIpc) is 2.07. The van der Waals surface area contributed by atoms with Crippen molar-refractivity contribution >= 4 is 5.97 Å². The Kier molecular flexibility index (Phi) is 2.87. The molecule has 1 aliphatic heterocycles. The van der Waals surface area contributed by atoms with E-state index in [0.717, 1.165) is 0 Å². The van der Waals surface area contributed by atoms with Crippen molar-refractivity contribution in [1.29, 1.82) is 0 Å². The summed E-state index contributed by atoms with van der Waals surface area (Å²) in [6.45, 7) is 1.44. The van der Waals surface area contributed by atoms with Gasteiger partial charge in [-0.2, -0.15) is 0 Å². The Hall–Kier alpha value is -0.690. The first-order valence-electron chi connectivity index (χ1n) is 3.87. The third kappa shape index (κ3) is 1.80. The van der Waals surface area contributed by atoms with Gasteiger partial charge in [0.2, 0.25) is 0 Å². The van der Waals surface area contributed by atoms with Crippen LogP contribution in [0.5, 0.6) is 0 Å². The van der Waals surface area contributed by atoms with Crippen LogP contribution in [0.15, 0.2) is 0 Å². The summed E-state index contributed by atoms with van der Waals surface area (Å²) >= 11 is 0. The van der Waals surface area contributed by atoms with E-state index in [1.54, 1.807) is 0 Å². The quantitative estimate of drug-likeness (QED) is 0.388. The molecule has 6 heteroatoms. The summed E-state index contributed by atoms with van der Waals surface area (Å²) < 4.78 is 4.50. The highest BCUT2D eigenvalue weighted by molar-refractivity contribution is 5.73. The van der Waals surface area contributed by atoms with Gasteiger partial charge in [0.05, 0.1) is 6.10 Å². The number of ether oxygens (including phenoxy) is 1. The molecule has 0 saturated carbocycles. The first-order chi connectivity index (χ1) is 5.95. The number of carboxylic acids is 1. The van der Waals surface area contributed by atoms with Crippen molar-refractivity contribution in [3.8, 4) is 0 Å². The van der Waals surface area contributed by atoms with E-state index in [2.05, 4.69) is 4.74 Å². The molecule has 0 aliphatic carbocycles. The molecule has 0 bridgehead atoms. The molecule has 0 aromatic heterocycles. The van der Waals surface area contributed by atoms with Crippen molar-refractivity contribution < 1.29 is 30.0 Å². The molecule has 0 radical (unpaired) electrons. The fraction of sp³-hybridized carbons (Fsp3) is 0.857. The van der Waals surface area contributed by atoms with Gasteiger partial charge in [0.15, 0.2) is 12.4 Å². The summed E-state index contributed by atoms with van der Waals surface area (Å²) in [7, 11) is 0. The number of carbonyl (C=O) groups is 1. The van der Waals surface area contributed by atoms with Crippen LogP contribution in [0.1, 0.15) is 6.92 Å². The first kappa shape index (κ1) is 10.4. The zero-order valence-corrected chi connectivity index (χ0v) is 6.99. The summed E-state index contributed by atoms with van der Waals surface area (Å²) in [5.41, 5.74) is 0. The molecule has 13 heavy (non-hydrogen) atoms. The smallest absolute Gasteiger partial charge is 0.335 e. The van der Waals surface area contributed by atoms with Crippen LogP contribution >= 0.6 is 0 Å². The summed E-state index contributed by atoms with van der Waals surface area (Å²) in [6.07, 6.45) is -5.60. The molecule has 1 fully saturated rings. The van der Waals surface area contributed by atoms with Gasteiger partial charge in [-0.25, -0.2) is 4.79 Å². The van der Waals surface area contributed by atoms with Crippen molar-refractivity contribution in [3.05, 3.63) is 0 Å². The van der Waals surface area contributed by atoms with Gasteiger partial charge in [0, 0.05) is 5.92 Å². The van der Waals surface area contributed by atoms with Crippen LogP contribution in [0, 0.1) is 5.92 Å². The van der Waals surface area contributed by atoms with Crippen LogP contribution < -0.4 is 0 Å². The minimum absolute atomic E-state index is 0.732. The van der Waals surface area contributed by atoms with E-state index < -0.39 is 36.5 Å². The number of hydrogen-bond donors (Lipinski definition) is 4. The Balaban J connectivity index is 2.76. The van der Waals surface area contributed by atoms with Crippen molar-refractivity contribution in [3.63, 3.8) is 0 Å². The van der Waals surface area contributed by atoms with Crippen molar-refractivity contribution in [2.24, 2.45) is 5.92 Å². The van der Waals surface area contributed by atoms with Gasteiger partial charge in [-0.05, 0) is 0 Å². The number of rotatable bonds is 1. The third-order valence-corrected chi connectivity index (χ3v) is 2.21. The molecule has 1 saturated heterocycles. The second kappa shape index (κ2) is 3.59. The Morgan fingerprint density at radius 2 is 1.77 bits per heavy atom. The van der Waals surface area contributed by atoms with Gasteiger partial charge >= 0.3 is 5.97 Å². The maximum Gasteiger partial charge on any atom is 0.335 e. The predicted molar refractivity (Wildman–Crippen MR) is 39.7 cm³/mol. The number of aliphatic hydroxyl groups is 3. The van der Waals surface area contributed by atoms with Gasteiger partial charge in [-0.3, -0.25) is 0 Å². The second-order valence-corrected chi connectivity index (χ2v) is 3.13. The largest absolute Gasteiger partial charge is 0.479 e. The van der Waals surface area contributed by atoms with Crippen LogP contribution in [-0.2, 0) is 9.53 Å². The van der Waals surface area contributed by atoms with Crippen LogP contribution in [0.3, 0.4) is 0 Å². The lowest BCUT2D eigenvalue weighted by Crippen LogP contribution is -2.55. The molecule has 0 spiro atoms. The lowest BCUT2D eigenvalue weighted by molar-refractivity contribution is -0.264. The summed E-state index contributed by atoms with van der Waals surface area (Å²) in [5, 5.41) is 36.1. The Morgan fingerprint density at radius 1 is 1.23 bits per heavy atom. The number of aliphatic carboxylic acids is 1. The number of aliphatic hydroxyl groups excluding tert-OH is 3. The van der Waals surface area contributed by atoms with Crippen LogP contribution in [0.2, 0.25) is 0 Å². The zero-order valence-electron chi connectivity index (χ0n) is 6.99. The van der Waals surface area contributed by atoms with E-state index in [-0.39, 0.29) is 0 Å². The molecule has 76 valence electrons. The Labute approximate surface area is 74.4 Å². The van der Waals surface area contributed by atoms with Gasteiger partial charge in [0.25, 0.3) is 0 Å². The fourth-order valence-corrected chi connectivity index (χ4v) is 1.25. The standard InChI is InChI=1S/C7H12O6/c1-2-3(8)5(6(10)11)13-7(12)4(2)9/h2-5,7-9,12H,1H3,(H,10,11). The molecule has 0 amide bonds. The minimum Gasteiger partial charge on any atom is -0.479 e. The molecular weight excluding hydrogens is 180 g/mol. The second-order valence-electron chi connectivity index (χ2n) is 3.13. The van der Waals surface area contributed by atoms with Crippen LogP contribution in [-0.4, -0.2) is 51.0 Å². The monoisotopic (exact) mass is 192 g/mol. The van der Waals surface area contributed by atoms with E-state index in [4.69, 9.17) is 10.2 Å². The third-order valence-electron chi connectivity index (χ3n) is 2.21. The summed E-state index contributed by atoms with van der Waals surface area (Å²) in [6, 6.07) is 0. The molecule has 5 unspecified atom stereocenters. The predicted octanol–water partition coefficient (Wildman–Crippen LogP) is -1.85. The Bertz CT molecular complexity index is 205. The molecule has 6 nitrogen and oxygen atoms in total. The molecule has 4 N–H and O–H groups in total.